The Labute approximate surface area is 210 Å². The molecule has 0 fully saturated rings. The van der Waals surface area contributed by atoms with E-state index in [0.29, 0.717) is 41.2 Å². The number of nitrogen functional groups attached to an aromatic ring is 1. The maximum atomic E-state index is 12.6. The van der Waals surface area contributed by atoms with Crippen LogP contribution in [0, 0.1) is 5.92 Å². The standard InChI is InChI=1S/C28H31N3O5/c1-19(10-6-9-15-26(33)31-23-14-8-7-13-22(23)29)27(20-16-17-25(35-2)24(32)18-20)36-28(34)30-21-11-4-3-5-12-21/h3-5,7-9,11-19,27,32H,6,10,29H2,1-2H3,(H,30,34)(H,31,33)/b15-9+/t19-,27+/m1/s1. The molecule has 0 aliphatic carbocycles. The highest BCUT2D eigenvalue weighted by Crippen LogP contribution is 2.35. The Balaban J connectivity index is 1.65. The summed E-state index contributed by atoms with van der Waals surface area (Å²) in [6.07, 6.45) is 3.16. The fourth-order valence-corrected chi connectivity index (χ4v) is 3.67. The lowest BCUT2D eigenvalue weighted by Crippen LogP contribution is -2.22. The van der Waals surface area contributed by atoms with E-state index in [9.17, 15) is 14.7 Å². The predicted octanol–water partition coefficient (Wildman–Crippen LogP) is 5.88. The molecule has 0 aromatic heterocycles. The SMILES string of the molecule is COc1ccc([C@@H](OC(=O)Nc2ccccc2)[C@H](C)CC/C=C/C(=O)Nc2ccccc2N)cc1O. The maximum Gasteiger partial charge on any atom is 0.412 e. The Hall–Kier alpha value is -4.46. The Morgan fingerprint density at radius 3 is 2.44 bits per heavy atom. The number of hydrogen-bond acceptors (Lipinski definition) is 6. The number of anilines is 3. The zero-order valence-corrected chi connectivity index (χ0v) is 20.3. The monoisotopic (exact) mass is 489 g/mol. The number of methoxy groups -OCH3 is 1. The van der Waals surface area contributed by atoms with Crippen molar-refractivity contribution in [2.45, 2.75) is 25.9 Å². The van der Waals surface area contributed by atoms with Crippen LogP contribution in [0.2, 0.25) is 0 Å². The van der Waals surface area contributed by atoms with Gasteiger partial charge in [0.15, 0.2) is 11.5 Å². The van der Waals surface area contributed by atoms with Crippen LogP contribution in [0.15, 0.2) is 84.9 Å². The first-order valence-corrected chi connectivity index (χ1v) is 11.6. The van der Waals surface area contributed by atoms with Gasteiger partial charge in [-0.1, -0.05) is 49.4 Å². The molecule has 0 spiro atoms. The van der Waals surface area contributed by atoms with Crippen molar-refractivity contribution in [3.8, 4) is 11.5 Å². The first-order chi connectivity index (χ1) is 17.4. The largest absolute Gasteiger partial charge is 0.504 e. The lowest BCUT2D eigenvalue weighted by Gasteiger charge is -2.25. The van der Waals surface area contributed by atoms with Gasteiger partial charge < -0.3 is 25.6 Å². The van der Waals surface area contributed by atoms with Crippen molar-refractivity contribution in [3.63, 3.8) is 0 Å². The molecule has 3 rings (SSSR count). The van der Waals surface area contributed by atoms with Crippen LogP contribution in [0.25, 0.3) is 0 Å². The van der Waals surface area contributed by atoms with Crippen molar-refractivity contribution in [1.29, 1.82) is 0 Å². The van der Waals surface area contributed by atoms with E-state index < -0.39 is 12.2 Å². The van der Waals surface area contributed by atoms with Gasteiger partial charge in [0.25, 0.3) is 0 Å². The normalized spacial score (nSPS) is 12.5. The molecule has 3 aromatic carbocycles. The van der Waals surface area contributed by atoms with E-state index in [1.54, 1.807) is 54.6 Å². The smallest absolute Gasteiger partial charge is 0.412 e. The minimum Gasteiger partial charge on any atom is -0.504 e. The number of carbonyl (C=O) groups is 2. The van der Waals surface area contributed by atoms with Crippen LogP contribution in [0.4, 0.5) is 21.9 Å². The van der Waals surface area contributed by atoms with Gasteiger partial charge in [0.2, 0.25) is 5.91 Å². The highest BCUT2D eigenvalue weighted by Gasteiger charge is 2.24. The van der Waals surface area contributed by atoms with Gasteiger partial charge in [-0.05, 0) is 66.8 Å². The number of nitrogens with two attached hydrogens (primary N) is 1. The number of benzene rings is 3. The third-order valence-electron chi connectivity index (χ3n) is 5.58. The summed E-state index contributed by atoms with van der Waals surface area (Å²) in [6.45, 7) is 1.94. The summed E-state index contributed by atoms with van der Waals surface area (Å²) in [4.78, 5) is 24.8. The number of phenolic OH excluding ortho intramolecular Hbond substituents is 1. The zero-order valence-electron chi connectivity index (χ0n) is 20.3. The van der Waals surface area contributed by atoms with Crippen molar-refractivity contribution in [1.82, 2.24) is 0 Å². The number of hydrogen-bond donors (Lipinski definition) is 4. The zero-order chi connectivity index (χ0) is 25.9. The molecular formula is C28H31N3O5. The molecule has 3 aromatic rings. The molecule has 0 bridgehead atoms. The van der Waals surface area contributed by atoms with Crippen LogP contribution < -0.4 is 21.1 Å². The summed E-state index contributed by atoms with van der Waals surface area (Å²) >= 11 is 0. The molecule has 0 heterocycles. The van der Waals surface area contributed by atoms with Crippen molar-refractivity contribution >= 4 is 29.1 Å². The summed E-state index contributed by atoms with van der Waals surface area (Å²) in [5.41, 5.74) is 8.14. The molecule has 0 aliphatic heterocycles. The Morgan fingerprint density at radius 1 is 1.03 bits per heavy atom. The van der Waals surface area contributed by atoms with Gasteiger partial charge in [-0.25, -0.2) is 4.79 Å². The Kier molecular flexibility index (Phi) is 9.33. The highest BCUT2D eigenvalue weighted by molar-refractivity contribution is 6.01. The Bertz CT molecular complexity index is 1200. The molecule has 5 N–H and O–H groups in total. The lowest BCUT2D eigenvalue weighted by molar-refractivity contribution is -0.111. The number of rotatable bonds is 10. The van der Waals surface area contributed by atoms with Gasteiger partial charge in [0.1, 0.15) is 6.10 Å². The number of aromatic hydroxyl groups is 1. The predicted molar refractivity (Wildman–Crippen MR) is 141 cm³/mol. The van der Waals surface area contributed by atoms with Gasteiger partial charge in [0.05, 0.1) is 18.5 Å². The number of ether oxygens (including phenoxy) is 2. The van der Waals surface area contributed by atoms with Crippen LogP contribution in [-0.4, -0.2) is 24.2 Å². The van der Waals surface area contributed by atoms with Gasteiger partial charge in [0, 0.05) is 5.69 Å². The number of phenols is 1. The van der Waals surface area contributed by atoms with E-state index in [1.165, 1.54) is 19.3 Å². The van der Waals surface area contributed by atoms with Crippen LogP contribution in [0.3, 0.4) is 0 Å². The highest BCUT2D eigenvalue weighted by atomic mass is 16.6. The van der Waals surface area contributed by atoms with Crippen LogP contribution >= 0.6 is 0 Å². The van der Waals surface area contributed by atoms with E-state index >= 15 is 0 Å². The van der Waals surface area contributed by atoms with E-state index in [0.717, 1.165) is 0 Å². The van der Waals surface area contributed by atoms with Crippen LogP contribution in [-0.2, 0) is 9.53 Å². The first-order valence-electron chi connectivity index (χ1n) is 11.6. The lowest BCUT2D eigenvalue weighted by atomic mass is 9.92. The number of para-hydroxylation sites is 3. The van der Waals surface area contributed by atoms with Gasteiger partial charge in [-0.3, -0.25) is 10.1 Å². The molecule has 8 heteroatoms. The second-order valence-electron chi connectivity index (χ2n) is 8.28. The Morgan fingerprint density at radius 2 is 1.75 bits per heavy atom. The molecule has 0 saturated heterocycles. The fraction of sp³-hybridized carbons (Fsp3) is 0.214. The molecule has 2 amide bonds. The summed E-state index contributed by atoms with van der Waals surface area (Å²) in [5, 5.41) is 15.7. The second-order valence-corrected chi connectivity index (χ2v) is 8.28. The molecular weight excluding hydrogens is 458 g/mol. The van der Waals surface area contributed by atoms with Crippen molar-refractivity contribution in [2.24, 2.45) is 5.92 Å². The third-order valence-corrected chi connectivity index (χ3v) is 5.58. The topological polar surface area (TPSA) is 123 Å². The van der Waals surface area contributed by atoms with Gasteiger partial charge in [-0.15, -0.1) is 0 Å². The third kappa shape index (κ3) is 7.53. The molecule has 2 atom stereocenters. The molecule has 8 nitrogen and oxygen atoms in total. The summed E-state index contributed by atoms with van der Waals surface area (Å²) in [6, 6.07) is 20.9. The number of allylic oxidation sites excluding steroid dienone is 1. The van der Waals surface area contributed by atoms with Crippen molar-refractivity contribution in [2.75, 3.05) is 23.5 Å². The molecule has 0 aliphatic rings. The maximum absolute atomic E-state index is 12.6. The van der Waals surface area contributed by atoms with Gasteiger partial charge >= 0.3 is 6.09 Å². The molecule has 0 saturated carbocycles. The molecule has 36 heavy (non-hydrogen) atoms. The van der Waals surface area contributed by atoms with Crippen LogP contribution in [0.1, 0.15) is 31.4 Å². The van der Waals surface area contributed by atoms with E-state index in [-0.39, 0.29) is 17.6 Å². The van der Waals surface area contributed by atoms with E-state index in [4.69, 9.17) is 15.2 Å². The molecule has 188 valence electrons. The minimum atomic E-state index is -0.642. The summed E-state index contributed by atoms with van der Waals surface area (Å²) in [7, 11) is 1.47. The molecule has 0 radical (unpaired) electrons. The number of carbonyl (C=O) groups excluding carboxylic acids is 2. The van der Waals surface area contributed by atoms with Gasteiger partial charge in [-0.2, -0.15) is 0 Å². The first kappa shape index (κ1) is 26.2. The average molecular weight is 490 g/mol. The van der Waals surface area contributed by atoms with Crippen LogP contribution in [0.5, 0.6) is 11.5 Å². The number of nitrogens with one attached hydrogen (secondary N) is 2. The summed E-state index contributed by atoms with van der Waals surface area (Å²) in [5.74, 6) is -0.129. The quantitative estimate of drug-likeness (QED) is 0.208. The van der Waals surface area contributed by atoms with Crippen molar-refractivity contribution in [3.05, 3.63) is 90.5 Å². The fourth-order valence-electron chi connectivity index (χ4n) is 3.67. The average Bonchev–Trinajstić information content (AvgIpc) is 2.87. The second kappa shape index (κ2) is 12.9. The van der Waals surface area contributed by atoms with E-state index in [1.807, 2.05) is 25.1 Å². The molecule has 0 unspecified atom stereocenters. The number of amides is 2. The summed E-state index contributed by atoms with van der Waals surface area (Å²) < 4.78 is 10.9. The van der Waals surface area contributed by atoms with Crippen molar-refractivity contribution < 1.29 is 24.2 Å². The van der Waals surface area contributed by atoms with E-state index in [2.05, 4.69) is 10.6 Å². The minimum absolute atomic E-state index is 0.0454.